The standard InChI is InChI=1S/C20H20N4O3S2/c21-20(19(26)27)7-9-24(10-8-20)15-5-2-1-4-13(15)22-17(25)14-12-29-18(23-14)16-6-3-11-28-16/h1-6,11-12H,7-10,21H2,(H,22,25)(H,26,27). The fourth-order valence-electron chi connectivity index (χ4n) is 3.29. The molecular formula is C20H20N4O3S2. The SMILES string of the molecule is NC1(C(=O)O)CCN(c2ccccc2NC(=O)c2csc(-c3cccs3)n2)CC1. The monoisotopic (exact) mass is 428 g/mol. The number of hydrogen-bond acceptors (Lipinski definition) is 7. The van der Waals surface area contributed by atoms with Crippen LogP contribution in [0.5, 0.6) is 0 Å². The zero-order chi connectivity index (χ0) is 20.4. The lowest BCUT2D eigenvalue weighted by molar-refractivity contribution is -0.144. The van der Waals surface area contributed by atoms with E-state index < -0.39 is 11.5 Å². The zero-order valence-corrected chi connectivity index (χ0v) is 17.1. The number of hydrogen-bond donors (Lipinski definition) is 3. The second-order valence-electron chi connectivity index (χ2n) is 6.93. The number of thiophene rings is 1. The van der Waals surface area contributed by atoms with E-state index in [-0.39, 0.29) is 5.91 Å². The van der Waals surface area contributed by atoms with E-state index in [9.17, 15) is 14.7 Å². The largest absolute Gasteiger partial charge is 0.480 e. The second kappa shape index (κ2) is 7.94. The number of nitrogens with one attached hydrogen (secondary N) is 1. The zero-order valence-electron chi connectivity index (χ0n) is 15.5. The fraction of sp³-hybridized carbons (Fsp3) is 0.250. The van der Waals surface area contributed by atoms with E-state index in [0.29, 0.717) is 37.3 Å². The van der Waals surface area contributed by atoms with Gasteiger partial charge in [0.1, 0.15) is 16.2 Å². The molecule has 29 heavy (non-hydrogen) atoms. The van der Waals surface area contributed by atoms with E-state index in [1.807, 2.05) is 41.8 Å². The van der Waals surface area contributed by atoms with Gasteiger partial charge in [0.15, 0.2) is 0 Å². The average molecular weight is 429 g/mol. The van der Waals surface area contributed by atoms with Gasteiger partial charge in [-0.25, -0.2) is 4.98 Å². The molecule has 1 aromatic carbocycles. The Hall–Kier alpha value is -2.75. The maximum atomic E-state index is 12.7. The number of carbonyl (C=O) groups is 2. The third-order valence-electron chi connectivity index (χ3n) is 5.04. The molecule has 0 atom stereocenters. The van der Waals surface area contributed by atoms with E-state index in [1.165, 1.54) is 11.3 Å². The lowest BCUT2D eigenvalue weighted by Gasteiger charge is -2.38. The summed E-state index contributed by atoms with van der Waals surface area (Å²) in [6, 6.07) is 11.4. The van der Waals surface area contributed by atoms with E-state index in [4.69, 9.17) is 5.73 Å². The topological polar surface area (TPSA) is 109 Å². The van der Waals surface area contributed by atoms with Crippen molar-refractivity contribution in [3.63, 3.8) is 0 Å². The van der Waals surface area contributed by atoms with Crippen LogP contribution in [0.4, 0.5) is 11.4 Å². The predicted molar refractivity (Wildman–Crippen MR) is 116 cm³/mol. The number of thiazole rings is 1. The Kier molecular flexibility index (Phi) is 5.35. The van der Waals surface area contributed by atoms with Crippen LogP contribution in [0.1, 0.15) is 23.3 Å². The number of benzene rings is 1. The van der Waals surface area contributed by atoms with Crippen LogP contribution < -0.4 is 16.0 Å². The van der Waals surface area contributed by atoms with Gasteiger partial charge in [0, 0.05) is 18.5 Å². The molecule has 1 aliphatic rings. The van der Waals surface area contributed by atoms with Crippen LogP contribution >= 0.6 is 22.7 Å². The second-order valence-corrected chi connectivity index (χ2v) is 8.74. The smallest absolute Gasteiger partial charge is 0.323 e. The van der Waals surface area contributed by atoms with Gasteiger partial charge in [0.05, 0.1) is 16.3 Å². The van der Waals surface area contributed by atoms with E-state index >= 15 is 0 Å². The highest BCUT2D eigenvalue weighted by Crippen LogP contribution is 2.32. The van der Waals surface area contributed by atoms with Gasteiger partial charge in [-0.2, -0.15) is 0 Å². The van der Waals surface area contributed by atoms with Crippen molar-refractivity contribution >= 4 is 45.9 Å². The normalized spacial score (nSPS) is 15.8. The summed E-state index contributed by atoms with van der Waals surface area (Å²) in [4.78, 5) is 31.7. The molecule has 1 amide bonds. The molecule has 0 saturated carbocycles. The van der Waals surface area contributed by atoms with Crippen LogP contribution in [0, 0.1) is 0 Å². The molecule has 1 saturated heterocycles. The van der Waals surface area contributed by atoms with E-state index in [0.717, 1.165) is 15.6 Å². The van der Waals surface area contributed by atoms with Crippen LogP contribution in [0.2, 0.25) is 0 Å². The quantitative estimate of drug-likeness (QED) is 0.574. The van der Waals surface area contributed by atoms with Gasteiger partial charge >= 0.3 is 5.97 Å². The van der Waals surface area contributed by atoms with Crippen LogP contribution in [-0.2, 0) is 4.79 Å². The summed E-state index contributed by atoms with van der Waals surface area (Å²) in [5, 5.41) is 16.8. The number of carboxylic acid groups (broad SMARTS) is 1. The molecule has 4 N–H and O–H groups in total. The van der Waals surface area contributed by atoms with Crippen molar-refractivity contribution in [3.05, 3.63) is 52.9 Å². The summed E-state index contributed by atoms with van der Waals surface area (Å²) >= 11 is 3.03. The third kappa shape index (κ3) is 4.02. The Morgan fingerprint density at radius 3 is 2.59 bits per heavy atom. The lowest BCUT2D eigenvalue weighted by atomic mass is 9.88. The van der Waals surface area contributed by atoms with Crippen LogP contribution in [0.3, 0.4) is 0 Å². The maximum Gasteiger partial charge on any atom is 0.323 e. The van der Waals surface area contributed by atoms with Crippen LogP contribution in [0.15, 0.2) is 47.2 Å². The number of nitrogens with zero attached hydrogens (tertiary/aromatic N) is 2. The first-order chi connectivity index (χ1) is 14.0. The molecule has 0 unspecified atom stereocenters. The van der Waals surface area contributed by atoms with Crippen molar-refractivity contribution in [2.45, 2.75) is 18.4 Å². The van der Waals surface area contributed by atoms with Gasteiger partial charge in [0.2, 0.25) is 0 Å². The van der Waals surface area contributed by atoms with E-state index in [2.05, 4.69) is 15.2 Å². The van der Waals surface area contributed by atoms with Crippen LogP contribution in [0.25, 0.3) is 9.88 Å². The highest BCUT2D eigenvalue weighted by molar-refractivity contribution is 7.20. The van der Waals surface area contributed by atoms with Gasteiger partial charge in [-0.05, 0) is 36.4 Å². The number of aromatic nitrogens is 1. The highest BCUT2D eigenvalue weighted by atomic mass is 32.1. The van der Waals surface area contributed by atoms with Crippen molar-refractivity contribution < 1.29 is 14.7 Å². The average Bonchev–Trinajstić information content (AvgIpc) is 3.41. The number of anilines is 2. The highest BCUT2D eigenvalue weighted by Gasteiger charge is 2.38. The van der Waals surface area contributed by atoms with Crippen molar-refractivity contribution in [3.8, 4) is 9.88 Å². The number of piperidine rings is 1. The van der Waals surface area contributed by atoms with Gasteiger partial charge in [0.25, 0.3) is 5.91 Å². The molecular weight excluding hydrogens is 408 g/mol. The summed E-state index contributed by atoms with van der Waals surface area (Å²) in [5.41, 5.74) is 6.68. The summed E-state index contributed by atoms with van der Waals surface area (Å²) in [6.45, 7) is 1.02. The molecule has 1 aliphatic heterocycles. The molecule has 0 aliphatic carbocycles. The van der Waals surface area contributed by atoms with Gasteiger partial charge in [-0.3, -0.25) is 9.59 Å². The number of nitrogens with two attached hydrogens (primary N) is 1. The Labute approximate surface area is 175 Å². The first-order valence-corrected chi connectivity index (χ1v) is 10.9. The molecule has 1 fully saturated rings. The third-order valence-corrected chi connectivity index (χ3v) is 6.92. The van der Waals surface area contributed by atoms with Crippen LogP contribution in [-0.4, -0.2) is 40.6 Å². The summed E-state index contributed by atoms with van der Waals surface area (Å²) < 4.78 is 0. The molecule has 2 aromatic heterocycles. The minimum atomic E-state index is -1.19. The Bertz CT molecular complexity index is 1020. The maximum absolute atomic E-state index is 12.7. The van der Waals surface area contributed by atoms with Crippen molar-refractivity contribution in [2.24, 2.45) is 5.73 Å². The molecule has 0 spiro atoms. The minimum absolute atomic E-state index is 0.271. The fourth-order valence-corrected chi connectivity index (χ4v) is 4.91. The Balaban J connectivity index is 1.49. The number of rotatable bonds is 5. The molecule has 3 aromatic rings. The molecule has 9 heteroatoms. The first-order valence-electron chi connectivity index (χ1n) is 9.13. The first kappa shape index (κ1) is 19.6. The van der Waals surface area contributed by atoms with Crippen molar-refractivity contribution in [2.75, 3.05) is 23.3 Å². The summed E-state index contributed by atoms with van der Waals surface area (Å²) in [5.74, 6) is -1.24. The van der Waals surface area contributed by atoms with Crippen molar-refractivity contribution in [1.82, 2.24) is 4.98 Å². The lowest BCUT2D eigenvalue weighted by Crippen LogP contribution is -2.55. The summed E-state index contributed by atoms with van der Waals surface area (Å²) in [6.07, 6.45) is 0.696. The summed E-state index contributed by atoms with van der Waals surface area (Å²) in [7, 11) is 0. The number of para-hydroxylation sites is 2. The number of carbonyl (C=O) groups excluding carboxylic acids is 1. The predicted octanol–water partition coefficient (Wildman–Crippen LogP) is 3.51. The molecule has 4 rings (SSSR count). The van der Waals surface area contributed by atoms with Gasteiger partial charge in [-0.15, -0.1) is 22.7 Å². The number of carboxylic acids is 1. The molecule has 3 heterocycles. The van der Waals surface area contributed by atoms with E-state index in [1.54, 1.807) is 16.7 Å². The van der Waals surface area contributed by atoms with Gasteiger partial charge in [-0.1, -0.05) is 18.2 Å². The Morgan fingerprint density at radius 1 is 1.14 bits per heavy atom. The van der Waals surface area contributed by atoms with Crippen molar-refractivity contribution in [1.29, 1.82) is 0 Å². The number of aliphatic carboxylic acids is 1. The molecule has 7 nitrogen and oxygen atoms in total. The Morgan fingerprint density at radius 2 is 1.90 bits per heavy atom. The van der Waals surface area contributed by atoms with Gasteiger partial charge < -0.3 is 21.1 Å². The molecule has 0 radical (unpaired) electrons. The molecule has 150 valence electrons. The minimum Gasteiger partial charge on any atom is -0.480 e. The molecule has 0 bridgehead atoms. The number of amides is 1.